The summed E-state index contributed by atoms with van der Waals surface area (Å²) < 4.78 is 0. The lowest BCUT2D eigenvalue weighted by Gasteiger charge is -1.99. The monoisotopic (exact) mass is 252 g/mol. The molecule has 4 N–H and O–H groups in total. The van der Waals surface area contributed by atoms with Crippen molar-refractivity contribution in [1.82, 2.24) is 20.4 Å². The fraction of sp³-hybridized carbons (Fsp3) is 0.333. The maximum Gasteiger partial charge on any atom is 0.281 e. The van der Waals surface area contributed by atoms with Crippen LogP contribution in [0.1, 0.15) is 35.9 Å². The van der Waals surface area contributed by atoms with E-state index in [0.29, 0.717) is 11.0 Å². The van der Waals surface area contributed by atoms with Gasteiger partial charge in [-0.2, -0.15) is 5.21 Å². The zero-order valence-corrected chi connectivity index (χ0v) is 10.2. The Balaban J connectivity index is 2.11. The number of aromatic amines is 1. The number of rotatable bonds is 3. The average molecular weight is 252 g/mol. The summed E-state index contributed by atoms with van der Waals surface area (Å²) in [6.07, 6.45) is 0. The van der Waals surface area contributed by atoms with Crippen LogP contribution in [0.5, 0.6) is 0 Å². The number of carbonyl (C=O) groups is 1. The Morgan fingerprint density at radius 3 is 2.82 bits per heavy atom. The van der Waals surface area contributed by atoms with Crippen molar-refractivity contribution in [1.29, 1.82) is 0 Å². The molecule has 0 aliphatic rings. The van der Waals surface area contributed by atoms with Crippen molar-refractivity contribution in [3.63, 3.8) is 0 Å². The molecule has 0 fully saturated rings. The molecule has 8 heteroatoms. The summed E-state index contributed by atoms with van der Waals surface area (Å²) in [5, 5.41) is 14.6. The molecular formula is C9H12N6OS. The third-order valence-corrected chi connectivity index (χ3v) is 2.90. The van der Waals surface area contributed by atoms with Crippen LogP contribution < -0.4 is 11.1 Å². The maximum absolute atomic E-state index is 11.7. The highest BCUT2D eigenvalue weighted by atomic mass is 32.1. The summed E-state index contributed by atoms with van der Waals surface area (Å²) in [6, 6.07) is 0. The molecule has 0 saturated carbocycles. The Bertz CT molecular complexity index is 531. The van der Waals surface area contributed by atoms with Gasteiger partial charge in [0.25, 0.3) is 5.91 Å². The van der Waals surface area contributed by atoms with Crippen LogP contribution in [-0.4, -0.2) is 26.3 Å². The van der Waals surface area contributed by atoms with Crippen LogP contribution in [0.2, 0.25) is 0 Å². The summed E-state index contributed by atoms with van der Waals surface area (Å²) in [4.78, 5) is 16.0. The molecule has 0 bridgehead atoms. The molecule has 2 heterocycles. The summed E-state index contributed by atoms with van der Waals surface area (Å²) >= 11 is 1.37. The molecule has 0 saturated heterocycles. The highest BCUT2D eigenvalue weighted by molar-refractivity contribution is 7.14. The number of nitrogens with zero attached hydrogens (tertiary/aromatic N) is 3. The minimum absolute atomic E-state index is 0.0724. The summed E-state index contributed by atoms with van der Waals surface area (Å²) in [6.45, 7) is 4.08. The van der Waals surface area contributed by atoms with Crippen LogP contribution >= 0.6 is 11.3 Å². The number of aromatic nitrogens is 4. The van der Waals surface area contributed by atoms with Crippen molar-refractivity contribution in [2.24, 2.45) is 0 Å². The number of nitrogens with one attached hydrogen (secondary N) is 2. The molecule has 0 aliphatic heterocycles. The normalized spacial score (nSPS) is 10.8. The van der Waals surface area contributed by atoms with Gasteiger partial charge < -0.3 is 5.73 Å². The van der Waals surface area contributed by atoms with Crippen LogP contribution in [-0.2, 0) is 0 Å². The van der Waals surface area contributed by atoms with E-state index >= 15 is 0 Å². The number of H-pyrrole nitrogens is 1. The number of hydrogen-bond donors (Lipinski definition) is 3. The summed E-state index contributed by atoms with van der Waals surface area (Å²) in [5.41, 5.74) is 6.48. The van der Waals surface area contributed by atoms with Gasteiger partial charge in [-0.05, 0) is 5.92 Å². The Hall–Kier alpha value is -1.96. The highest BCUT2D eigenvalue weighted by Crippen LogP contribution is 2.21. The van der Waals surface area contributed by atoms with Crippen molar-refractivity contribution in [3.8, 4) is 0 Å². The second kappa shape index (κ2) is 4.50. The second-order valence-corrected chi connectivity index (χ2v) is 4.60. The third-order valence-electron chi connectivity index (χ3n) is 2.12. The summed E-state index contributed by atoms with van der Waals surface area (Å²) in [7, 11) is 0. The lowest BCUT2D eigenvalue weighted by atomic mass is 10.2. The number of anilines is 2. The van der Waals surface area contributed by atoms with Gasteiger partial charge in [0.15, 0.2) is 16.6 Å². The van der Waals surface area contributed by atoms with E-state index in [4.69, 9.17) is 5.73 Å². The molecule has 0 unspecified atom stereocenters. The van der Waals surface area contributed by atoms with Crippen molar-refractivity contribution in [2.75, 3.05) is 11.1 Å². The third kappa shape index (κ3) is 2.41. The van der Waals surface area contributed by atoms with Gasteiger partial charge in [0.2, 0.25) is 0 Å². The van der Waals surface area contributed by atoms with Crippen LogP contribution in [0.3, 0.4) is 0 Å². The molecule has 0 aliphatic carbocycles. The predicted molar refractivity (Wildman–Crippen MR) is 65.0 cm³/mol. The van der Waals surface area contributed by atoms with Gasteiger partial charge in [-0.15, -0.1) is 21.5 Å². The molecule has 0 radical (unpaired) electrons. The van der Waals surface area contributed by atoms with E-state index in [0.717, 1.165) is 5.69 Å². The summed E-state index contributed by atoms with van der Waals surface area (Å²) in [5.74, 6) is -0.0157. The minimum Gasteiger partial charge on any atom is -0.380 e. The van der Waals surface area contributed by atoms with E-state index in [1.54, 1.807) is 0 Å². The molecule has 90 valence electrons. The van der Waals surface area contributed by atoms with Crippen molar-refractivity contribution in [2.45, 2.75) is 19.8 Å². The van der Waals surface area contributed by atoms with Crippen molar-refractivity contribution >= 4 is 28.2 Å². The lowest BCUT2D eigenvalue weighted by molar-refractivity contribution is 0.102. The molecule has 17 heavy (non-hydrogen) atoms. The number of hydrogen-bond acceptors (Lipinski definition) is 6. The first-order chi connectivity index (χ1) is 8.08. The molecule has 2 aromatic heterocycles. The van der Waals surface area contributed by atoms with E-state index in [-0.39, 0.29) is 11.5 Å². The van der Waals surface area contributed by atoms with Gasteiger partial charge in [0.1, 0.15) is 0 Å². The fourth-order valence-corrected chi connectivity index (χ4v) is 2.04. The lowest BCUT2D eigenvalue weighted by Crippen LogP contribution is -2.14. The molecular weight excluding hydrogens is 240 g/mol. The Morgan fingerprint density at radius 1 is 1.53 bits per heavy atom. The molecule has 0 atom stereocenters. The number of thiazole rings is 1. The zero-order chi connectivity index (χ0) is 12.4. The topological polar surface area (TPSA) is 110 Å². The van der Waals surface area contributed by atoms with Gasteiger partial charge in [-0.25, -0.2) is 4.98 Å². The van der Waals surface area contributed by atoms with E-state index in [1.165, 1.54) is 11.3 Å². The first kappa shape index (κ1) is 11.5. The molecule has 0 aromatic carbocycles. The van der Waals surface area contributed by atoms with Crippen molar-refractivity contribution in [3.05, 3.63) is 16.8 Å². The van der Waals surface area contributed by atoms with E-state index in [9.17, 15) is 4.79 Å². The smallest absolute Gasteiger partial charge is 0.281 e. The van der Waals surface area contributed by atoms with Crippen LogP contribution in [0.15, 0.2) is 5.38 Å². The van der Waals surface area contributed by atoms with E-state index in [2.05, 4.69) is 25.7 Å². The zero-order valence-electron chi connectivity index (χ0n) is 9.39. The largest absolute Gasteiger partial charge is 0.380 e. The minimum atomic E-state index is -0.416. The maximum atomic E-state index is 11.7. The second-order valence-electron chi connectivity index (χ2n) is 3.74. The first-order valence-electron chi connectivity index (χ1n) is 5.01. The fourth-order valence-electron chi connectivity index (χ4n) is 1.17. The number of nitrogens with two attached hydrogens (primary N) is 1. The van der Waals surface area contributed by atoms with Crippen LogP contribution in [0.25, 0.3) is 0 Å². The average Bonchev–Trinajstić information content (AvgIpc) is 2.86. The van der Waals surface area contributed by atoms with E-state index in [1.807, 2.05) is 19.2 Å². The predicted octanol–water partition coefficient (Wildman–Crippen LogP) is 1.22. The van der Waals surface area contributed by atoms with Crippen LogP contribution in [0.4, 0.5) is 10.9 Å². The SMILES string of the molecule is CC(C)c1csc(NC(=O)c2n[nH]nc2N)n1. The molecule has 7 nitrogen and oxygen atoms in total. The first-order valence-corrected chi connectivity index (χ1v) is 5.89. The molecule has 0 spiro atoms. The van der Waals surface area contributed by atoms with E-state index < -0.39 is 5.91 Å². The quantitative estimate of drug-likeness (QED) is 0.760. The van der Waals surface area contributed by atoms with Gasteiger partial charge in [-0.1, -0.05) is 13.8 Å². The van der Waals surface area contributed by atoms with Gasteiger partial charge in [0.05, 0.1) is 5.69 Å². The molecule has 2 aromatic rings. The Morgan fingerprint density at radius 2 is 2.29 bits per heavy atom. The molecule has 2 rings (SSSR count). The molecule has 1 amide bonds. The Kier molecular flexibility index (Phi) is 3.05. The standard InChI is InChI=1S/C9H12N6OS/c1-4(2)5-3-17-9(11-5)12-8(16)6-7(10)14-15-13-6/h3-4H,1-2H3,(H,11,12,16)(H3,10,13,14,15). The van der Waals surface area contributed by atoms with Gasteiger partial charge in [-0.3, -0.25) is 10.1 Å². The number of carbonyl (C=O) groups excluding carboxylic acids is 1. The number of nitrogen functional groups attached to an aromatic ring is 1. The van der Waals surface area contributed by atoms with Gasteiger partial charge in [0, 0.05) is 5.38 Å². The van der Waals surface area contributed by atoms with Crippen LogP contribution in [0, 0.1) is 0 Å². The number of amides is 1. The highest BCUT2D eigenvalue weighted by Gasteiger charge is 2.16. The Labute approximate surface area is 101 Å². The van der Waals surface area contributed by atoms with Gasteiger partial charge >= 0.3 is 0 Å². The van der Waals surface area contributed by atoms with Crippen molar-refractivity contribution < 1.29 is 4.79 Å².